The second-order valence-corrected chi connectivity index (χ2v) is 6.17. The van der Waals surface area contributed by atoms with Crippen molar-refractivity contribution in [3.63, 3.8) is 0 Å². The predicted molar refractivity (Wildman–Crippen MR) is 93.0 cm³/mol. The van der Waals surface area contributed by atoms with Gasteiger partial charge in [0.25, 0.3) is 0 Å². The molecule has 0 unspecified atom stereocenters. The molecule has 1 aliphatic heterocycles. The Morgan fingerprint density at radius 3 is 2.57 bits per heavy atom. The normalized spacial score (nSPS) is 15.9. The number of hydrogen-bond donors (Lipinski definition) is 1. The standard InChI is InChI=1S/C18H26N4O/c1-14-17(18(23-3)21(2)20-14)13-19-15-9-11-22(12-10-15)16-7-5-4-6-8-16/h4-8,15,19H,9-13H2,1-3H3. The second-order valence-electron chi connectivity index (χ2n) is 6.17. The predicted octanol–water partition coefficient (Wildman–Crippen LogP) is 2.50. The van der Waals surface area contributed by atoms with Crippen molar-refractivity contribution in [2.24, 2.45) is 7.05 Å². The van der Waals surface area contributed by atoms with Gasteiger partial charge in [-0.2, -0.15) is 5.10 Å². The molecule has 2 heterocycles. The fourth-order valence-corrected chi connectivity index (χ4v) is 3.37. The maximum Gasteiger partial charge on any atom is 0.216 e. The highest BCUT2D eigenvalue weighted by Crippen LogP contribution is 2.23. The van der Waals surface area contributed by atoms with Gasteiger partial charge in [0.05, 0.1) is 18.4 Å². The number of piperidine rings is 1. The van der Waals surface area contributed by atoms with Gasteiger partial charge in [-0.15, -0.1) is 0 Å². The third kappa shape index (κ3) is 3.50. The van der Waals surface area contributed by atoms with Gasteiger partial charge in [-0.3, -0.25) is 0 Å². The van der Waals surface area contributed by atoms with Gasteiger partial charge in [0.15, 0.2) is 0 Å². The summed E-state index contributed by atoms with van der Waals surface area (Å²) in [7, 11) is 3.63. The Kier molecular flexibility index (Phi) is 4.86. The highest BCUT2D eigenvalue weighted by molar-refractivity contribution is 5.46. The first-order valence-corrected chi connectivity index (χ1v) is 8.29. The van der Waals surface area contributed by atoms with Gasteiger partial charge in [-0.25, -0.2) is 4.68 Å². The van der Waals surface area contributed by atoms with Crippen molar-refractivity contribution in [2.45, 2.75) is 32.4 Å². The van der Waals surface area contributed by atoms with Gasteiger partial charge in [0.1, 0.15) is 0 Å². The molecule has 0 saturated carbocycles. The molecule has 5 heteroatoms. The Morgan fingerprint density at radius 1 is 1.22 bits per heavy atom. The van der Waals surface area contributed by atoms with Crippen LogP contribution in [-0.4, -0.2) is 36.0 Å². The molecule has 0 aliphatic carbocycles. The van der Waals surface area contributed by atoms with Crippen LogP contribution in [0.4, 0.5) is 5.69 Å². The van der Waals surface area contributed by atoms with Crippen molar-refractivity contribution in [2.75, 3.05) is 25.1 Å². The number of nitrogens with one attached hydrogen (secondary N) is 1. The van der Waals surface area contributed by atoms with Gasteiger partial charge in [0.2, 0.25) is 5.88 Å². The summed E-state index contributed by atoms with van der Waals surface area (Å²) in [5.41, 5.74) is 3.54. The van der Waals surface area contributed by atoms with Gasteiger partial charge >= 0.3 is 0 Å². The summed E-state index contributed by atoms with van der Waals surface area (Å²) in [6.45, 7) is 5.06. The fraction of sp³-hybridized carbons (Fsp3) is 0.500. The molecule has 0 radical (unpaired) electrons. The lowest BCUT2D eigenvalue weighted by Gasteiger charge is -2.34. The Morgan fingerprint density at radius 2 is 1.91 bits per heavy atom. The smallest absolute Gasteiger partial charge is 0.216 e. The monoisotopic (exact) mass is 314 g/mol. The number of hydrogen-bond acceptors (Lipinski definition) is 4. The molecular formula is C18H26N4O. The third-order valence-electron chi connectivity index (χ3n) is 4.67. The lowest BCUT2D eigenvalue weighted by atomic mass is 10.0. The first kappa shape index (κ1) is 15.9. The molecule has 0 bridgehead atoms. The minimum atomic E-state index is 0.555. The number of benzene rings is 1. The number of aryl methyl sites for hydroxylation is 2. The Balaban J connectivity index is 1.54. The van der Waals surface area contributed by atoms with Crippen LogP contribution in [-0.2, 0) is 13.6 Å². The van der Waals surface area contributed by atoms with Crippen LogP contribution in [0.1, 0.15) is 24.1 Å². The molecular weight excluding hydrogens is 288 g/mol. The topological polar surface area (TPSA) is 42.3 Å². The Labute approximate surface area is 138 Å². The minimum Gasteiger partial charge on any atom is -0.481 e. The SMILES string of the molecule is COc1c(CNC2CCN(c3ccccc3)CC2)c(C)nn1C. The van der Waals surface area contributed by atoms with Crippen LogP contribution in [0, 0.1) is 6.92 Å². The van der Waals surface area contributed by atoms with E-state index >= 15 is 0 Å². The summed E-state index contributed by atoms with van der Waals surface area (Å²) >= 11 is 0. The lowest BCUT2D eigenvalue weighted by molar-refractivity contribution is 0.362. The molecule has 0 spiro atoms. The third-order valence-corrected chi connectivity index (χ3v) is 4.67. The zero-order valence-electron chi connectivity index (χ0n) is 14.2. The summed E-state index contributed by atoms with van der Waals surface area (Å²) in [5.74, 6) is 0.858. The van der Waals surface area contributed by atoms with Crippen LogP contribution in [0.15, 0.2) is 30.3 Å². The van der Waals surface area contributed by atoms with Gasteiger partial charge in [-0.1, -0.05) is 18.2 Å². The summed E-state index contributed by atoms with van der Waals surface area (Å²) in [5, 5.41) is 8.12. The van der Waals surface area contributed by atoms with Crippen molar-refractivity contribution < 1.29 is 4.74 Å². The first-order chi connectivity index (χ1) is 11.2. The zero-order valence-corrected chi connectivity index (χ0v) is 14.2. The summed E-state index contributed by atoms with van der Waals surface area (Å²) in [6, 6.07) is 11.2. The molecule has 0 amide bonds. The van der Waals surface area contributed by atoms with E-state index in [1.165, 1.54) is 11.3 Å². The highest BCUT2D eigenvalue weighted by atomic mass is 16.5. The minimum absolute atomic E-state index is 0.555. The summed E-state index contributed by atoms with van der Waals surface area (Å²) < 4.78 is 7.27. The summed E-state index contributed by atoms with van der Waals surface area (Å²) in [4.78, 5) is 2.47. The molecule has 0 atom stereocenters. The van der Waals surface area contributed by atoms with E-state index in [4.69, 9.17) is 4.74 Å². The molecule has 3 rings (SSSR count). The quantitative estimate of drug-likeness (QED) is 0.921. The Bertz CT molecular complexity index is 630. The average Bonchev–Trinajstić information content (AvgIpc) is 2.87. The van der Waals surface area contributed by atoms with Gasteiger partial charge in [-0.05, 0) is 31.9 Å². The van der Waals surface area contributed by atoms with Gasteiger partial charge in [0, 0.05) is 38.4 Å². The molecule has 1 aromatic carbocycles. The zero-order chi connectivity index (χ0) is 16.2. The molecule has 1 N–H and O–H groups in total. The number of anilines is 1. The van der Waals surface area contributed by atoms with E-state index in [1.807, 2.05) is 18.7 Å². The number of nitrogens with zero attached hydrogens (tertiary/aromatic N) is 3. The van der Waals surface area contributed by atoms with Crippen LogP contribution < -0.4 is 15.0 Å². The van der Waals surface area contributed by atoms with Crippen molar-refractivity contribution in [1.29, 1.82) is 0 Å². The van der Waals surface area contributed by atoms with E-state index in [1.54, 1.807) is 7.11 Å². The van der Waals surface area contributed by atoms with Crippen LogP contribution in [0.25, 0.3) is 0 Å². The molecule has 23 heavy (non-hydrogen) atoms. The van der Waals surface area contributed by atoms with Crippen molar-refractivity contribution in [3.8, 4) is 5.88 Å². The largest absolute Gasteiger partial charge is 0.481 e. The molecule has 1 aromatic heterocycles. The van der Waals surface area contributed by atoms with Crippen molar-refractivity contribution >= 4 is 5.69 Å². The van der Waals surface area contributed by atoms with Crippen LogP contribution >= 0.6 is 0 Å². The lowest BCUT2D eigenvalue weighted by Crippen LogP contribution is -2.42. The molecule has 2 aromatic rings. The number of para-hydroxylation sites is 1. The molecule has 124 valence electrons. The van der Waals surface area contributed by atoms with Crippen LogP contribution in [0.3, 0.4) is 0 Å². The summed E-state index contributed by atoms with van der Waals surface area (Å²) in [6.07, 6.45) is 2.33. The molecule has 1 aliphatic rings. The van der Waals surface area contributed by atoms with E-state index in [0.717, 1.165) is 44.0 Å². The number of rotatable bonds is 5. The van der Waals surface area contributed by atoms with E-state index in [0.29, 0.717) is 6.04 Å². The van der Waals surface area contributed by atoms with Crippen LogP contribution in [0.2, 0.25) is 0 Å². The van der Waals surface area contributed by atoms with E-state index in [9.17, 15) is 0 Å². The van der Waals surface area contributed by atoms with E-state index < -0.39 is 0 Å². The first-order valence-electron chi connectivity index (χ1n) is 8.29. The Hall–Kier alpha value is -2.01. The van der Waals surface area contributed by atoms with Gasteiger partial charge < -0.3 is 15.0 Å². The fourth-order valence-electron chi connectivity index (χ4n) is 3.37. The van der Waals surface area contributed by atoms with E-state index in [2.05, 4.69) is 45.6 Å². The number of aromatic nitrogens is 2. The molecule has 1 fully saturated rings. The number of methoxy groups -OCH3 is 1. The number of ether oxygens (including phenoxy) is 1. The molecule has 1 saturated heterocycles. The van der Waals surface area contributed by atoms with Crippen molar-refractivity contribution in [3.05, 3.63) is 41.6 Å². The van der Waals surface area contributed by atoms with Crippen molar-refractivity contribution in [1.82, 2.24) is 15.1 Å². The maximum absolute atomic E-state index is 5.46. The van der Waals surface area contributed by atoms with E-state index in [-0.39, 0.29) is 0 Å². The highest BCUT2D eigenvalue weighted by Gasteiger charge is 2.20. The molecule has 5 nitrogen and oxygen atoms in total. The maximum atomic E-state index is 5.46. The second kappa shape index (κ2) is 7.04. The average molecular weight is 314 g/mol. The van der Waals surface area contributed by atoms with Crippen LogP contribution in [0.5, 0.6) is 5.88 Å².